The summed E-state index contributed by atoms with van der Waals surface area (Å²) in [6.45, 7) is 1.57. The second-order valence-electron chi connectivity index (χ2n) is 7.62. The first-order valence-corrected chi connectivity index (χ1v) is 9.15. The molecular formula is C20H23N3O3. The molecule has 0 bridgehead atoms. The summed E-state index contributed by atoms with van der Waals surface area (Å²) in [6, 6.07) is 9.66. The molecule has 1 saturated carbocycles. The zero-order valence-electron chi connectivity index (χ0n) is 15.0. The van der Waals surface area contributed by atoms with E-state index in [1.807, 2.05) is 24.3 Å². The predicted octanol–water partition coefficient (Wildman–Crippen LogP) is 1.40. The number of rotatable bonds is 2. The number of nitriles is 1. The topological polar surface area (TPSA) is 82.4 Å². The standard InChI is InChI=1S/C20H23N3O3/c1-22-17(24)16-10-14-4-2-3-5-15(14)11-23(16)18(25)20(13-21)12-19(20)6-8-26-9-7-19/h2-5,16H,6-12H2,1H3,(H,22,24)/t16-,20?/m0/s1. The van der Waals surface area contributed by atoms with Gasteiger partial charge >= 0.3 is 0 Å². The Labute approximate surface area is 153 Å². The molecule has 2 heterocycles. The van der Waals surface area contributed by atoms with E-state index in [1.165, 1.54) is 0 Å². The monoisotopic (exact) mass is 353 g/mol. The Balaban J connectivity index is 1.67. The van der Waals surface area contributed by atoms with Gasteiger partial charge in [0.1, 0.15) is 11.5 Å². The molecule has 4 rings (SSSR count). The lowest BCUT2D eigenvalue weighted by atomic mass is 9.84. The molecule has 3 aliphatic rings. The van der Waals surface area contributed by atoms with E-state index in [4.69, 9.17) is 4.74 Å². The third-order valence-electron chi connectivity index (χ3n) is 6.45. The number of amides is 2. The predicted molar refractivity (Wildman–Crippen MR) is 93.7 cm³/mol. The maximum absolute atomic E-state index is 13.5. The Hall–Kier alpha value is -2.39. The second kappa shape index (κ2) is 6.10. The Bertz CT molecular complexity index is 794. The average molecular weight is 353 g/mol. The van der Waals surface area contributed by atoms with Crippen LogP contribution in [-0.2, 0) is 27.3 Å². The summed E-state index contributed by atoms with van der Waals surface area (Å²) in [6.07, 6.45) is 2.54. The fourth-order valence-electron chi connectivity index (χ4n) is 4.72. The first kappa shape index (κ1) is 17.0. The molecule has 1 aliphatic carbocycles. The molecule has 2 atom stereocenters. The summed E-state index contributed by atoms with van der Waals surface area (Å²) in [4.78, 5) is 27.6. The van der Waals surface area contributed by atoms with Gasteiger partial charge in [-0.1, -0.05) is 24.3 Å². The van der Waals surface area contributed by atoms with Gasteiger partial charge in [-0.3, -0.25) is 9.59 Å². The number of ether oxygens (including phenoxy) is 1. The lowest BCUT2D eigenvalue weighted by molar-refractivity contribution is -0.146. The summed E-state index contributed by atoms with van der Waals surface area (Å²) in [5.74, 6) is -0.368. The first-order valence-electron chi connectivity index (χ1n) is 9.15. The van der Waals surface area contributed by atoms with Crippen molar-refractivity contribution < 1.29 is 14.3 Å². The van der Waals surface area contributed by atoms with E-state index in [1.54, 1.807) is 11.9 Å². The fourth-order valence-corrected chi connectivity index (χ4v) is 4.72. The number of benzene rings is 1. The molecule has 0 aromatic heterocycles. The Morgan fingerprint density at radius 2 is 1.96 bits per heavy atom. The molecule has 1 N–H and O–H groups in total. The van der Waals surface area contributed by atoms with Crippen molar-refractivity contribution in [3.8, 4) is 6.07 Å². The number of carbonyl (C=O) groups is 2. The largest absolute Gasteiger partial charge is 0.381 e. The smallest absolute Gasteiger partial charge is 0.244 e. The van der Waals surface area contributed by atoms with Crippen molar-refractivity contribution in [2.24, 2.45) is 10.8 Å². The van der Waals surface area contributed by atoms with E-state index >= 15 is 0 Å². The number of likely N-dealkylation sites (N-methyl/N-ethyl adjacent to an activating group) is 1. The van der Waals surface area contributed by atoms with Crippen molar-refractivity contribution in [3.63, 3.8) is 0 Å². The second-order valence-corrected chi connectivity index (χ2v) is 7.62. The molecule has 1 spiro atoms. The zero-order chi connectivity index (χ0) is 18.4. The van der Waals surface area contributed by atoms with Crippen LogP contribution in [-0.4, -0.2) is 43.0 Å². The van der Waals surface area contributed by atoms with Crippen molar-refractivity contribution in [3.05, 3.63) is 35.4 Å². The Morgan fingerprint density at radius 1 is 1.27 bits per heavy atom. The molecule has 2 fully saturated rings. The molecule has 6 heteroatoms. The SMILES string of the molecule is CNC(=O)[C@@H]1Cc2ccccc2CN1C(=O)C1(C#N)CC12CCOCC2. The Kier molecular flexibility index (Phi) is 4.00. The van der Waals surface area contributed by atoms with Gasteiger partial charge in [-0.2, -0.15) is 5.26 Å². The van der Waals surface area contributed by atoms with Crippen LogP contribution >= 0.6 is 0 Å². The normalized spacial score (nSPS) is 28.8. The van der Waals surface area contributed by atoms with Crippen LogP contribution in [0.1, 0.15) is 30.4 Å². The lowest BCUT2D eigenvalue weighted by Crippen LogP contribution is -2.54. The quantitative estimate of drug-likeness (QED) is 0.871. The number of hydrogen-bond acceptors (Lipinski definition) is 4. The summed E-state index contributed by atoms with van der Waals surface area (Å²) >= 11 is 0. The third kappa shape index (κ3) is 2.34. The maximum Gasteiger partial charge on any atom is 0.244 e. The van der Waals surface area contributed by atoms with Crippen LogP contribution in [0, 0.1) is 22.2 Å². The summed E-state index contributed by atoms with van der Waals surface area (Å²) in [7, 11) is 1.59. The van der Waals surface area contributed by atoms with Crippen molar-refractivity contribution in [1.82, 2.24) is 10.2 Å². The van der Waals surface area contributed by atoms with Gasteiger partial charge in [-0.25, -0.2) is 0 Å². The van der Waals surface area contributed by atoms with Crippen LogP contribution in [0.5, 0.6) is 0 Å². The molecule has 1 aromatic rings. The van der Waals surface area contributed by atoms with Crippen LogP contribution in [0.2, 0.25) is 0 Å². The van der Waals surface area contributed by atoms with E-state index in [0.717, 1.165) is 24.0 Å². The van der Waals surface area contributed by atoms with E-state index in [0.29, 0.717) is 32.6 Å². The molecule has 1 unspecified atom stereocenters. The van der Waals surface area contributed by atoms with Gasteiger partial charge in [-0.15, -0.1) is 0 Å². The van der Waals surface area contributed by atoms with Gasteiger partial charge in [0.2, 0.25) is 11.8 Å². The maximum atomic E-state index is 13.5. The average Bonchev–Trinajstić information content (AvgIpc) is 3.33. The molecule has 136 valence electrons. The summed E-state index contributed by atoms with van der Waals surface area (Å²) in [5.41, 5.74) is 0.861. The highest BCUT2D eigenvalue weighted by molar-refractivity contribution is 5.95. The van der Waals surface area contributed by atoms with Gasteiger partial charge in [0.15, 0.2) is 0 Å². The van der Waals surface area contributed by atoms with E-state index in [9.17, 15) is 14.9 Å². The highest BCUT2D eigenvalue weighted by Gasteiger charge is 2.73. The number of fused-ring (bicyclic) bond motifs is 1. The van der Waals surface area contributed by atoms with Crippen molar-refractivity contribution in [2.75, 3.05) is 20.3 Å². The first-order chi connectivity index (χ1) is 12.6. The van der Waals surface area contributed by atoms with Crippen molar-refractivity contribution in [1.29, 1.82) is 5.26 Å². The zero-order valence-corrected chi connectivity index (χ0v) is 15.0. The van der Waals surface area contributed by atoms with E-state index in [-0.39, 0.29) is 17.2 Å². The lowest BCUT2D eigenvalue weighted by Gasteiger charge is -2.38. The molecule has 1 saturated heterocycles. The highest BCUT2D eigenvalue weighted by atomic mass is 16.5. The molecule has 1 aromatic carbocycles. The molecule has 26 heavy (non-hydrogen) atoms. The van der Waals surface area contributed by atoms with Gasteiger partial charge in [-0.05, 0) is 30.4 Å². The van der Waals surface area contributed by atoms with Gasteiger partial charge < -0.3 is 15.0 Å². The van der Waals surface area contributed by atoms with Crippen LogP contribution in [0.25, 0.3) is 0 Å². The third-order valence-corrected chi connectivity index (χ3v) is 6.45. The van der Waals surface area contributed by atoms with Crippen LogP contribution < -0.4 is 5.32 Å². The van der Waals surface area contributed by atoms with Gasteiger partial charge in [0.05, 0.1) is 6.07 Å². The number of hydrogen-bond donors (Lipinski definition) is 1. The number of carbonyl (C=O) groups excluding carboxylic acids is 2. The summed E-state index contributed by atoms with van der Waals surface area (Å²) < 4.78 is 5.43. The Morgan fingerprint density at radius 3 is 2.62 bits per heavy atom. The minimum absolute atomic E-state index is 0.178. The van der Waals surface area contributed by atoms with Crippen molar-refractivity contribution in [2.45, 2.75) is 38.3 Å². The highest BCUT2D eigenvalue weighted by Crippen LogP contribution is 2.69. The van der Waals surface area contributed by atoms with Gasteiger partial charge in [0, 0.05) is 38.6 Å². The van der Waals surface area contributed by atoms with Gasteiger partial charge in [0.25, 0.3) is 0 Å². The molecular weight excluding hydrogens is 330 g/mol. The fraction of sp³-hybridized carbons (Fsp3) is 0.550. The van der Waals surface area contributed by atoms with Crippen LogP contribution in [0.3, 0.4) is 0 Å². The van der Waals surface area contributed by atoms with Crippen LogP contribution in [0.4, 0.5) is 0 Å². The molecule has 2 amide bonds. The van der Waals surface area contributed by atoms with Crippen molar-refractivity contribution >= 4 is 11.8 Å². The number of nitrogens with one attached hydrogen (secondary N) is 1. The summed E-state index contributed by atoms with van der Waals surface area (Å²) in [5, 5.41) is 12.6. The minimum Gasteiger partial charge on any atom is -0.381 e. The van der Waals surface area contributed by atoms with Crippen LogP contribution in [0.15, 0.2) is 24.3 Å². The molecule has 6 nitrogen and oxygen atoms in total. The van der Waals surface area contributed by atoms with E-state index in [2.05, 4.69) is 11.4 Å². The minimum atomic E-state index is -1.00. The van der Waals surface area contributed by atoms with E-state index < -0.39 is 11.5 Å². The molecule has 0 radical (unpaired) electrons. The number of nitrogens with zero attached hydrogens (tertiary/aromatic N) is 2. The molecule has 2 aliphatic heterocycles.